The number of anilines is 2. The summed E-state index contributed by atoms with van der Waals surface area (Å²) >= 11 is 0. The topological polar surface area (TPSA) is 102 Å². The van der Waals surface area contributed by atoms with Crippen LogP contribution >= 0.6 is 0 Å². The van der Waals surface area contributed by atoms with Crippen LogP contribution in [0.15, 0.2) is 48.5 Å². The van der Waals surface area contributed by atoms with Crippen LogP contribution in [0.2, 0.25) is 0 Å². The molecule has 2 N–H and O–H groups in total. The van der Waals surface area contributed by atoms with E-state index in [0.29, 0.717) is 23.6 Å². The normalized spacial score (nSPS) is 10.5. The second kappa shape index (κ2) is 7.91. The maximum absolute atomic E-state index is 12.4. The van der Waals surface area contributed by atoms with Crippen LogP contribution < -0.4 is 10.6 Å². The van der Waals surface area contributed by atoms with Crippen molar-refractivity contribution in [3.05, 3.63) is 81.2 Å². The van der Waals surface area contributed by atoms with Gasteiger partial charge in [-0.3, -0.25) is 14.8 Å². The largest absolute Gasteiger partial charge is 0.323 e. The van der Waals surface area contributed by atoms with E-state index in [1.807, 2.05) is 49.7 Å². The summed E-state index contributed by atoms with van der Waals surface area (Å²) in [6.45, 7) is 6.37. The van der Waals surface area contributed by atoms with Gasteiger partial charge in [-0.2, -0.15) is 5.10 Å². The number of nitrogens with one attached hydrogen (secondary N) is 2. The van der Waals surface area contributed by atoms with Gasteiger partial charge >= 0.3 is 6.03 Å². The minimum atomic E-state index is -0.507. The number of nitro groups is 1. The standard InChI is InChI=1S/C20H21N5O3/c1-13-7-4-5-8-16(13)12-24-15(3)19(14(2)23-24)22-20(26)21-17-9-6-10-18(11-17)25(27)28/h4-11H,12H2,1-3H3,(H2,21,22,26). The SMILES string of the molecule is Cc1ccccc1Cn1nc(C)c(NC(=O)Nc2cccc([N+](=O)[O-])c2)c1C. The van der Waals surface area contributed by atoms with E-state index in [2.05, 4.69) is 15.7 Å². The first-order chi connectivity index (χ1) is 13.3. The predicted octanol–water partition coefficient (Wildman–Crippen LogP) is 4.41. The Morgan fingerprint density at radius 3 is 2.57 bits per heavy atom. The summed E-state index contributed by atoms with van der Waals surface area (Å²) in [5, 5.41) is 20.8. The molecule has 0 saturated carbocycles. The highest BCUT2D eigenvalue weighted by Crippen LogP contribution is 2.22. The summed E-state index contributed by atoms with van der Waals surface area (Å²) < 4.78 is 1.85. The molecule has 8 heteroatoms. The van der Waals surface area contributed by atoms with Crippen LogP contribution in [0.1, 0.15) is 22.5 Å². The fraction of sp³-hybridized carbons (Fsp3) is 0.200. The number of benzene rings is 2. The fourth-order valence-electron chi connectivity index (χ4n) is 2.95. The molecule has 1 heterocycles. The molecule has 0 aliphatic carbocycles. The highest BCUT2D eigenvalue weighted by molar-refractivity contribution is 6.00. The number of amides is 2. The molecule has 2 aromatic carbocycles. The van der Waals surface area contributed by atoms with Gasteiger partial charge in [-0.25, -0.2) is 4.79 Å². The van der Waals surface area contributed by atoms with Gasteiger partial charge in [0.05, 0.1) is 28.5 Å². The fourth-order valence-corrected chi connectivity index (χ4v) is 2.95. The third-order valence-electron chi connectivity index (χ3n) is 4.52. The molecule has 2 amide bonds. The third kappa shape index (κ3) is 4.17. The van der Waals surface area contributed by atoms with Crippen LogP contribution in [-0.4, -0.2) is 20.7 Å². The van der Waals surface area contributed by atoms with Crippen LogP contribution in [0.5, 0.6) is 0 Å². The minimum absolute atomic E-state index is 0.0868. The van der Waals surface area contributed by atoms with Gasteiger partial charge in [-0.1, -0.05) is 30.3 Å². The summed E-state index contributed by atoms with van der Waals surface area (Å²) in [7, 11) is 0. The molecule has 28 heavy (non-hydrogen) atoms. The third-order valence-corrected chi connectivity index (χ3v) is 4.52. The molecule has 0 bridgehead atoms. The van der Waals surface area contributed by atoms with Crippen molar-refractivity contribution in [3.63, 3.8) is 0 Å². The number of nitro benzene ring substituents is 1. The number of nitrogens with zero attached hydrogens (tertiary/aromatic N) is 3. The Bertz CT molecular complexity index is 1040. The van der Waals surface area contributed by atoms with Crippen molar-refractivity contribution in [2.24, 2.45) is 0 Å². The number of rotatable bonds is 5. The molecule has 0 aliphatic rings. The van der Waals surface area contributed by atoms with Crippen molar-refractivity contribution < 1.29 is 9.72 Å². The molecule has 0 unspecified atom stereocenters. The lowest BCUT2D eigenvalue weighted by atomic mass is 10.1. The Morgan fingerprint density at radius 2 is 1.86 bits per heavy atom. The first-order valence-corrected chi connectivity index (χ1v) is 8.76. The average molecular weight is 379 g/mol. The van der Waals surface area contributed by atoms with Crippen LogP contribution in [0, 0.1) is 30.9 Å². The molecule has 1 aromatic heterocycles. The molecule has 0 spiro atoms. The summed E-state index contributed by atoms with van der Waals surface area (Å²) in [5.74, 6) is 0. The monoisotopic (exact) mass is 379 g/mol. The smallest absolute Gasteiger partial charge is 0.307 e. The first kappa shape index (κ1) is 19.1. The van der Waals surface area contributed by atoms with Crippen LogP contribution in [0.3, 0.4) is 0 Å². The van der Waals surface area contributed by atoms with Gasteiger partial charge in [0.25, 0.3) is 5.69 Å². The van der Waals surface area contributed by atoms with E-state index in [1.165, 1.54) is 23.8 Å². The number of urea groups is 1. The second-order valence-electron chi connectivity index (χ2n) is 6.52. The van der Waals surface area contributed by atoms with Gasteiger partial charge in [0.15, 0.2) is 0 Å². The molecule has 144 valence electrons. The van der Waals surface area contributed by atoms with Crippen molar-refractivity contribution in [2.45, 2.75) is 27.3 Å². The lowest BCUT2D eigenvalue weighted by Gasteiger charge is -2.10. The number of hydrogen-bond acceptors (Lipinski definition) is 4. The van der Waals surface area contributed by atoms with Gasteiger partial charge in [0, 0.05) is 17.8 Å². The molecule has 0 saturated heterocycles. The van der Waals surface area contributed by atoms with E-state index in [4.69, 9.17) is 0 Å². The molecule has 8 nitrogen and oxygen atoms in total. The Labute approximate surface area is 162 Å². The molecular formula is C20H21N5O3. The van der Waals surface area contributed by atoms with Crippen molar-refractivity contribution in [2.75, 3.05) is 10.6 Å². The van der Waals surface area contributed by atoms with Crippen molar-refractivity contribution in [1.82, 2.24) is 9.78 Å². The molecule has 0 fully saturated rings. The Kier molecular flexibility index (Phi) is 5.39. The molecule has 0 aliphatic heterocycles. The molecule has 3 aromatic rings. The van der Waals surface area contributed by atoms with Crippen molar-refractivity contribution in [1.29, 1.82) is 0 Å². The highest BCUT2D eigenvalue weighted by Gasteiger charge is 2.15. The van der Waals surface area contributed by atoms with Crippen molar-refractivity contribution in [3.8, 4) is 0 Å². The minimum Gasteiger partial charge on any atom is -0.307 e. The second-order valence-corrected chi connectivity index (χ2v) is 6.52. The summed E-state index contributed by atoms with van der Waals surface area (Å²) in [5.41, 5.74) is 4.73. The molecule has 0 radical (unpaired) electrons. The zero-order valence-electron chi connectivity index (χ0n) is 15.9. The van der Waals surface area contributed by atoms with Crippen LogP contribution in [0.25, 0.3) is 0 Å². The maximum atomic E-state index is 12.4. The lowest BCUT2D eigenvalue weighted by molar-refractivity contribution is -0.384. The number of aryl methyl sites for hydroxylation is 2. The Hall–Kier alpha value is -3.68. The van der Waals surface area contributed by atoms with E-state index in [1.54, 1.807) is 6.07 Å². The lowest BCUT2D eigenvalue weighted by Crippen LogP contribution is -2.20. The van der Waals surface area contributed by atoms with Crippen molar-refractivity contribution >= 4 is 23.1 Å². The number of carbonyl (C=O) groups excluding carboxylic acids is 1. The van der Waals surface area contributed by atoms with E-state index in [0.717, 1.165) is 11.3 Å². The van der Waals surface area contributed by atoms with Gasteiger partial charge in [-0.15, -0.1) is 0 Å². The van der Waals surface area contributed by atoms with E-state index >= 15 is 0 Å². The maximum Gasteiger partial charge on any atom is 0.323 e. The molecular weight excluding hydrogens is 358 g/mol. The number of aromatic nitrogens is 2. The first-order valence-electron chi connectivity index (χ1n) is 8.76. The van der Waals surface area contributed by atoms with Gasteiger partial charge in [-0.05, 0) is 38.0 Å². The van der Waals surface area contributed by atoms with E-state index in [9.17, 15) is 14.9 Å². The predicted molar refractivity (Wildman–Crippen MR) is 108 cm³/mol. The number of carbonyl (C=O) groups is 1. The van der Waals surface area contributed by atoms with Crippen LogP contribution in [-0.2, 0) is 6.54 Å². The van der Waals surface area contributed by atoms with Gasteiger partial charge in [0.1, 0.15) is 0 Å². The van der Waals surface area contributed by atoms with Crippen LogP contribution in [0.4, 0.5) is 21.9 Å². The summed E-state index contributed by atoms with van der Waals surface area (Å²) in [6, 6.07) is 13.4. The molecule has 3 rings (SSSR count). The summed E-state index contributed by atoms with van der Waals surface area (Å²) in [4.78, 5) is 22.7. The summed E-state index contributed by atoms with van der Waals surface area (Å²) in [6.07, 6.45) is 0. The highest BCUT2D eigenvalue weighted by atomic mass is 16.6. The zero-order valence-corrected chi connectivity index (χ0v) is 15.9. The number of non-ortho nitro benzene ring substituents is 1. The van der Waals surface area contributed by atoms with Gasteiger partial charge < -0.3 is 10.6 Å². The van der Waals surface area contributed by atoms with E-state index < -0.39 is 11.0 Å². The number of hydrogen-bond donors (Lipinski definition) is 2. The van der Waals surface area contributed by atoms with E-state index in [-0.39, 0.29) is 5.69 Å². The molecule has 0 atom stereocenters. The average Bonchev–Trinajstić information content (AvgIpc) is 2.91. The Balaban J connectivity index is 1.75. The Morgan fingerprint density at radius 1 is 1.11 bits per heavy atom. The zero-order chi connectivity index (χ0) is 20.3. The van der Waals surface area contributed by atoms with Gasteiger partial charge in [0.2, 0.25) is 0 Å². The quantitative estimate of drug-likeness (QED) is 0.506.